The number of amides is 2. The quantitative estimate of drug-likeness (QED) is 0.696. The van der Waals surface area contributed by atoms with Gasteiger partial charge in [-0.3, -0.25) is 9.59 Å². The van der Waals surface area contributed by atoms with Crippen LogP contribution in [-0.2, 0) is 9.59 Å². The molecule has 1 aliphatic heterocycles. The van der Waals surface area contributed by atoms with E-state index in [1.165, 1.54) is 12.1 Å². The highest BCUT2D eigenvalue weighted by Gasteiger charge is 2.18. The number of hydrogen-bond donors (Lipinski definition) is 3. The predicted molar refractivity (Wildman–Crippen MR) is 94.9 cm³/mol. The fraction of sp³-hybridized carbons (Fsp3) is 0.263. The van der Waals surface area contributed by atoms with Crippen molar-refractivity contribution in [1.82, 2.24) is 5.32 Å². The number of ether oxygens (including phenoxy) is 2. The Balaban J connectivity index is 1.47. The van der Waals surface area contributed by atoms with Crippen LogP contribution in [0.3, 0.4) is 0 Å². The Labute approximate surface area is 155 Å². The summed E-state index contributed by atoms with van der Waals surface area (Å²) in [6.45, 7) is 1.83. The van der Waals surface area contributed by atoms with Crippen molar-refractivity contribution >= 4 is 17.5 Å². The summed E-state index contributed by atoms with van der Waals surface area (Å²) in [6.07, 6.45) is -0.633. The third-order valence-electron chi connectivity index (χ3n) is 4.12. The topological polar surface area (TPSA) is 96.9 Å². The Kier molecular flexibility index (Phi) is 5.56. The lowest BCUT2D eigenvalue weighted by molar-refractivity contribution is -0.136. The van der Waals surface area contributed by atoms with Crippen molar-refractivity contribution < 1.29 is 28.6 Å². The average Bonchev–Trinajstić information content (AvgIpc) is 3.12. The Morgan fingerprint density at radius 3 is 2.70 bits per heavy atom. The van der Waals surface area contributed by atoms with Crippen molar-refractivity contribution in [1.29, 1.82) is 0 Å². The minimum Gasteiger partial charge on any atom is -0.454 e. The molecule has 2 aromatic rings. The van der Waals surface area contributed by atoms with Gasteiger partial charge in [0.25, 0.3) is 0 Å². The van der Waals surface area contributed by atoms with E-state index < -0.39 is 23.7 Å². The molecular formula is C19H19FN2O5. The number of carbonyl (C=O) groups excluding carboxylic acids is 2. The van der Waals surface area contributed by atoms with E-state index in [0.29, 0.717) is 22.6 Å². The Hall–Kier alpha value is -3.13. The maximum absolute atomic E-state index is 13.5. The van der Waals surface area contributed by atoms with Gasteiger partial charge in [-0.2, -0.15) is 0 Å². The smallest absolute Gasteiger partial charge is 0.313 e. The molecule has 2 amide bonds. The molecule has 0 saturated heterocycles. The van der Waals surface area contributed by atoms with Crippen molar-refractivity contribution in [3.05, 3.63) is 53.3 Å². The van der Waals surface area contributed by atoms with Crippen molar-refractivity contribution in [2.45, 2.75) is 19.4 Å². The first kappa shape index (κ1) is 18.7. The molecule has 0 fully saturated rings. The highest BCUT2D eigenvalue weighted by atomic mass is 19.1. The van der Waals surface area contributed by atoms with Gasteiger partial charge in [-0.05, 0) is 48.7 Å². The van der Waals surface area contributed by atoms with E-state index in [0.717, 1.165) is 6.07 Å². The van der Waals surface area contributed by atoms with Crippen LogP contribution < -0.4 is 20.1 Å². The third-order valence-corrected chi connectivity index (χ3v) is 4.12. The second kappa shape index (κ2) is 8.05. The van der Waals surface area contributed by atoms with Gasteiger partial charge in [0.2, 0.25) is 6.79 Å². The molecule has 3 rings (SSSR count). The predicted octanol–water partition coefficient (Wildman–Crippen LogP) is 2.04. The number of carbonyl (C=O) groups is 2. The number of halogens is 1. The lowest BCUT2D eigenvalue weighted by Gasteiger charge is -2.12. The molecule has 0 aliphatic carbocycles. The van der Waals surface area contributed by atoms with Crippen LogP contribution in [0.5, 0.6) is 11.5 Å². The second-order valence-electron chi connectivity index (χ2n) is 6.09. The molecule has 2 aromatic carbocycles. The van der Waals surface area contributed by atoms with Gasteiger partial charge in [0, 0.05) is 12.2 Å². The molecule has 3 N–H and O–H groups in total. The zero-order valence-corrected chi connectivity index (χ0v) is 14.6. The monoisotopic (exact) mass is 374 g/mol. The molecule has 27 heavy (non-hydrogen) atoms. The molecule has 0 spiro atoms. The molecule has 0 aromatic heterocycles. The summed E-state index contributed by atoms with van der Waals surface area (Å²) >= 11 is 0. The number of aliphatic hydroxyl groups is 1. The van der Waals surface area contributed by atoms with Crippen LogP contribution in [0.4, 0.5) is 10.1 Å². The van der Waals surface area contributed by atoms with Crippen molar-refractivity contribution in [3.63, 3.8) is 0 Å². The summed E-state index contributed by atoms with van der Waals surface area (Å²) in [4.78, 5) is 23.7. The molecule has 0 saturated carbocycles. The summed E-state index contributed by atoms with van der Waals surface area (Å²) < 4.78 is 23.9. The highest BCUT2D eigenvalue weighted by Crippen LogP contribution is 2.34. The first-order chi connectivity index (χ1) is 12.9. The van der Waals surface area contributed by atoms with E-state index >= 15 is 0 Å². The minimum atomic E-state index is -0.907. The lowest BCUT2D eigenvalue weighted by atomic mass is 10.1. The molecule has 0 radical (unpaired) electrons. The largest absolute Gasteiger partial charge is 0.454 e. The number of benzene rings is 2. The van der Waals surface area contributed by atoms with Crippen LogP contribution in [-0.4, -0.2) is 30.3 Å². The summed E-state index contributed by atoms with van der Waals surface area (Å²) in [5, 5.41) is 15.0. The van der Waals surface area contributed by atoms with E-state index in [2.05, 4.69) is 10.6 Å². The second-order valence-corrected chi connectivity index (χ2v) is 6.09. The summed E-state index contributed by atoms with van der Waals surface area (Å²) in [5.41, 5.74) is 1.25. The summed E-state index contributed by atoms with van der Waals surface area (Å²) in [7, 11) is 0. The van der Waals surface area contributed by atoms with Gasteiger partial charge in [-0.25, -0.2) is 4.39 Å². The Bertz CT molecular complexity index is 871. The standard InChI is InChI=1S/C19H19FN2O5/c1-11-2-4-13(9-14(11)20)22-19(25)18(24)21-7-6-15(23)12-3-5-16-17(8-12)27-10-26-16/h2-5,8-9,15,23H,6-7,10H2,1H3,(H,21,24)(H,22,25). The molecule has 1 aliphatic rings. The van der Waals surface area contributed by atoms with E-state index in [1.54, 1.807) is 25.1 Å². The lowest BCUT2D eigenvalue weighted by Crippen LogP contribution is -2.36. The average molecular weight is 374 g/mol. The number of hydrogen-bond acceptors (Lipinski definition) is 5. The molecular weight excluding hydrogens is 355 g/mol. The van der Waals surface area contributed by atoms with Crippen LogP contribution in [0.25, 0.3) is 0 Å². The Morgan fingerprint density at radius 2 is 1.93 bits per heavy atom. The van der Waals surface area contributed by atoms with Crippen LogP contribution in [0.1, 0.15) is 23.7 Å². The highest BCUT2D eigenvalue weighted by molar-refractivity contribution is 6.39. The van der Waals surface area contributed by atoms with Crippen LogP contribution in [0.2, 0.25) is 0 Å². The fourth-order valence-corrected chi connectivity index (χ4v) is 2.55. The Morgan fingerprint density at radius 1 is 1.15 bits per heavy atom. The molecule has 7 nitrogen and oxygen atoms in total. The molecule has 0 bridgehead atoms. The number of fused-ring (bicyclic) bond motifs is 1. The first-order valence-corrected chi connectivity index (χ1v) is 8.37. The number of rotatable bonds is 5. The van der Waals surface area contributed by atoms with Gasteiger partial charge in [-0.15, -0.1) is 0 Å². The maximum atomic E-state index is 13.5. The van der Waals surface area contributed by atoms with E-state index in [-0.39, 0.29) is 25.4 Å². The van der Waals surface area contributed by atoms with Gasteiger partial charge in [0.05, 0.1) is 6.10 Å². The van der Waals surface area contributed by atoms with Crippen molar-refractivity contribution in [2.24, 2.45) is 0 Å². The van der Waals surface area contributed by atoms with E-state index in [9.17, 15) is 19.1 Å². The zero-order valence-electron chi connectivity index (χ0n) is 14.6. The van der Waals surface area contributed by atoms with Gasteiger partial charge in [-0.1, -0.05) is 12.1 Å². The number of anilines is 1. The van der Waals surface area contributed by atoms with Crippen LogP contribution >= 0.6 is 0 Å². The van der Waals surface area contributed by atoms with Gasteiger partial charge >= 0.3 is 11.8 Å². The fourth-order valence-electron chi connectivity index (χ4n) is 2.55. The van der Waals surface area contributed by atoms with E-state index in [1.807, 2.05) is 0 Å². The van der Waals surface area contributed by atoms with Crippen LogP contribution in [0, 0.1) is 12.7 Å². The van der Waals surface area contributed by atoms with Gasteiger partial charge in [0.1, 0.15) is 5.82 Å². The number of aryl methyl sites for hydroxylation is 1. The summed E-state index contributed by atoms with van der Waals surface area (Å²) in [5.74, 6) is -1.08. The van der Waals surface area contributed by atoms with Crippen molar-refractivity contribution in [3.8, 4) is 11.5 Å². The SMILES string of the molecule is Cc1ccc(NC(=O)C(=O)NCCC(O)c2ccc3c(c2)OCO3)cc1F. The number of aliphatic hydroxyl groups excluding tert-OH is 1. The molecule has 142 valence electrons. The van der Waals surface area contributed by atoms with Gasteiger partial charge in [0.15, 0.2) is 11.5 Å². The molecule has 8 heteroatoms. The van der Waals surface area contributed by atoms with Gasteiger partial charge < -0.3 is 25.2 Å². The maximum Gasteiger partial charge on any atom is 0.313 e. The normalized spacial score (nSPS) is 13.1. The van der Waals surface area contributed by atoms with Crippen molar-refractivity contribution in [2.75, 3.05) is 18.7 Å². The molecule has 1 unspecified atom stereocenters. The number of nitrogens with one attached hydrogen (secondary N) is 2. The minimum absolute atomic E-state index is 0.0874. The zero-order chi connectivity index (χ0) is 19.4. The van der Waals surface area contributed by atoms with Crippen LogP contribution in [0.15, 0.2) is 36.4 Å². The molecule has 1 atom stereocenters. The summed E-state index contributed by atoms with van der Waals surface area (Å²) in [6, 6.07) is 9.24. The third kappa shape index (κ3) is 4.53. The van der Waals surface area contributed by atoms with E-state index in [4.69, 9.17) is 9.47 Å². The molecule has 1 heterocycles. The first-order valence-electron chi connectivity index (χ1n) is 8.37.